The van der Waals surface area contributed by atoms with Crippen molar-refractivity contribution in [2.75, 3.05) is 18.8 Å². The van der Waals surface area contributed by atoms with Gasteiger partial charge >= 0.3 is 0 Å². The number of nitrogens with zero attached hydrogens (tertiary/aromatic N) is 1. The number of hydrogen-bond acceptors (Lipinski definition) is 2. The zero-order valence-corrected chi connectivity index (χ0v) is 17.1. The van der Waals surface area contributed by atoms with Crippen LogP contribution in [0.2, 0.25) is 0 Å². The molecular formula is C22H30Cl2N2. The first-order valence-electron chi connectivity index (χ1n) is 9.09. The fourth-order valence-electron chi connectivity index (χ4n) is 3.73. The van der Waals surface area contributed by atoms with Gasteiger partial charge in [-0.3, -0.25) is 4.90 Å². The van der Waals surface area contributed by atoms with E-state index in [1.54, 1.807) is 0 Å². The van der Waals surface area contributed by atoms with Crippen molar-refractivity contribution in [1.82, 2.24) is 4.90 Å². The van der Waals surface area contributed by atoms with Crippen molar-refractivity contribution >= 4 is 36.6 Å². The second-order valence-electron chi connectivity index (χ2n) is 6.69. The van der Waals surface area contributed by atoms with Gasteiger partial charge in [-0.25, -0.2) is 0 Å². The summed E-state index contributed by atoms with van der Waals surface area (Å²) in [7, 11) is 0. The number of benzene rings is 2. The van der Waals surface area contributed by atoms with Crippen molar-refractivity contribution < 1.29 is 0 Å². The molecule has 0 saturated carbocycles. The first-order chi connectivity index (χ1) is 11.8. The van der Waals surface area contributed by atoms with E-state index in [1.165, 1.54) is 29.5 Å². The summed E-state index contributed by atoms with van der Waals surface area (Å²) in [6.45, 7) is 4.44. The largest absolute Gasteiger partial charge is 0.398 e. The van der Waals surface area contributed by atoms with Gasteiger partial charge in [0.05, 0.1) is 0 Å². The fourth-order valence-corrected chi connectivity index (χ4v) is 3.73. The van der Waals surface area contributed by atoms with Crippen molar-refractivity contribution in [1.29, 1.82) is 0 Å². The summed E-state index contributed by atoms with van der Waals surface area (Å²) in [6.07, 6.45) is 9.17. The molecule has 3 rings (SSSR count). The van der Waals surface area contributed by atoms with Gasteiger partial charge in [0.25, 0.3) is 0 Å². The van der Waals surface area contributed by atoms with Crippen molar-refractivity contribution in [3.8, 4) is 0 Å². The van der Waals surface area contributed by atoms with E-state index in [-0.39, 0.29) is 24.8 Å². The predicted molar refractivity (Wildman–Crippen MR) is 119 cm³/mol. The van der Waals surface area contributed by atoms with E-state index >= 15 is 0 Å². The minimum Gasteiger partial charge on any atom is -0.398 e. The quantitative estimate of drug-likeness (QED) is 0.667. The Morgan fingerprint density at radius 3 is 2.58 bits per heavy atom. The SMILES string of the molecule is CCCN(CC=Cc1ccccc1)C1CCc2c(N)cccc2C1.Cl.Cl. The van der Waals surface area contributed by atoms with E-state index in [0.717, 1.165) is 31.6 Å². The van der Waals surface area contributed by atoms with Crippen LogP contribution in [0.25, 0.3) is 6.08 Å². The highest BCUT2D eigenvalue weighted by Gasteiger charge is 2.24. The third kappa shape index (κ3) is 5.77. The smallest absolute Gasteiger partial charge is 0.0349 e. The second-order valence-corrected chi connectivity index (χ2v) is 6.69. The maximum atomic E-state index is 6.14. The molecule has 2 aromatic rings. The summed E-state index contributed by atoms with van der Waals surface area (Å²) in [5.41, 5.74) is 11.2. The lowest BCUT2D eigenvalue weighted by Gasteiger charge is -2.35. The fraction of sp³-hybridized carbons (Fsp3) is 0.364. The first kappa shape index (κ1) is 22.6. The Bertz CT molecular complexity index is 686. The number of anilines is 1. The third-order valence-corrected chi connectivity index (χ3v) is 4.97. The van der Waals surface area contributed by atoms with Crippen LogP contribution < -0.4 is 5.73 Å². The van der Waals surface area contributed by atoms with Crippen molar-refractivity contribution in [3.63, 3.8) is 0 Å². The van der Waals surface area contributed by atoms with Gasteiger partial charge < -0.3 is 5.73 Å². The number of nitrogens with two attached hydrogens (primary N) is 1. The zero-order valence-electron chi connectivity index (χ0n) is 15.4. The van der Waals surface area contributed by atoms with Crippen LogP contribution in [-0.4, -0.2) is 24.0 Å². The Labute approximate surface area is 170 Å². The highest BCUT2D eigenvalue weighted by atomic mass is 35.5. The second kappa shape index (κ2) is 11.3. The van der Waals surface area contributed by atoms with E-state index in [9.17, 15) is 0 Å². The Kier molecular flexibility index (Phi) is 9.79. The van der Waals surface area contributed by atoms with Crippen LogP contribution >= 0.6 is 24.8 Å². The Balaban J connectivity index is 0.00000169. The standard InChI is InChI=1S/C22H28N2.2ClH/c1-2-15-24(16-7-10-18-8-4-3-5-9-18)20-13-14-21-19(17-20)11-6-12-22(21)23;;/h3-12,20H,2,13-17,23H2,1H3;2*1H. The summed E-state index contributed by atoms with van der Waals surface area (Å²) < 4.78 is 0. The number of hydrogen-bond donors (Lipinski definition) is 1. The maximum absolute atomic E-state index is 6.14. The summed E-state index contributed by atoms with van der Waals surface area (Å²) in [5.74, 6) is 0. The first-order valence-corrected chi connectivity index (χ1v) is 9.09. The molecule has 0 heterocycles. The molecule has 26 heavy (non-hydrogen) atoms. The predicted octanol–water partition coefficient (Wildman–Crippen LogP) is 5.40. The molecule has 1 aliphatic carbocycles. The summed E-state index contributed by atoms with van der Waals surface area (Å²) >= 11 is 0. The Morgan fingerprint density at radius 2 is 1.85 bits per heavy atom. The maximum Gasteiger partial charge on any atom is 0.0349 e. The van der Waals surface area contributed by atoms with Crippen LogP contribution in [0.15, 0.2) is 54.6 Å². The molecule has 2 N–H and O–H groups in total. The molecule has 0 spiro atoms. The highest BCUT2D eigenvalue weighted by Crippen LogP contribution is 2.28. The van der Waals surface area contributed by atoms with Crippen molar-refractivity contribution in [3.05, 3.63) is 71.3 Å². The van der Waals surface area contributed by atoms with Gasteiger partial charge in [0.2, 0.25) is 0 Å². The van der Waals surface area contributed by atoms with E-state index in [1.807, 2.05) is 6.07 Å². The van der Waals surface area contributed by atoms with Gasteiger partial charge in [0.15, 0.2) is 0 Å². The number of halogens is 2. The lowest BCUT2D eigenvalue weighted by Crippen LogP contribution is -2.40. The summed E-state index contributed by atoms with van der Waals surface area (Å²) in [5, 5.41) is 0. The van der Waals surface area contributed by atoms with Crippen LogP contribution in [0, 0.1) is 0 Å². The van der Waals surface area contributed by atoms with Crippen LogP contribution in [0.4, 0.5) is 5.69 Å². The minimum absolute atomic E-state index is 0. The molecule has 1 atom stereocenters. The van der Waals surface area contributed by atoms with E-state index < -0.39 is 0 Å². The molecule has 0 radical (unpaired) electrons. The summed E-state index contributed by atoms with van der Waals surface area (Å²) in [4.78, 5) is 2.63. The minimum atomic E-state index is 0. The highest BCUT2D eigenvalue weighted by molar-refractivity contribution is 5.85. The van der Waals surface area contributed by atoms with Crippen LogP contribution in [0.3, 0.4) is 0 Å². The molecule has 1 unspecified atom stereocenters. The molecular weight excluding hydrogens is 363 g/mol. The zero-order chi connectivity index (χ0) is 16.8. The van der Waals surface area contributed by atoms with Gasteiger partial charge in [0.1, 0.15) is 0 Å². The molecule has 2 nitrogen and oxygen atoms in total. The molecule has 4 heteroatoms. The molecule has 0 bridgehead atoms. The Hall–Kier alpha value is -1.48. The van der Waals surface area contributed by atoms with Gasteiger partial charge in [-0.1, -0.05) is 61.5 Å². The average molecular weight is 393 g/mol. The van der Waals surface area contributed by atoms with Crippen LogP contribution in [0.5, 0.6) is 0 Å². The van der Waals surface area contributed by atoms with Crippen LogP contribution in [-0.2, 0) is 12.8 Å². The monoisotopic (exact) mass is 392 g/mol. The van der Waals surface area contributed by atoms with Crippen molar-refractivity contribution in [2.24, 2.45) is 0 Å². The average Bonchev–Trinajstić information content (AvgIpc) is 2.62. The number of fused-ring (bicyclic) bond motifs is 1. The van der Waals surface area contributed by atoms with Gasteiger partial charge in [-0.15, -0.1) is 24.8 Å². The Morgan fingerprint density at radius 1 is 1.08 bits per heavy atom. The topological polar surface area (TPSA) is 29.3 Å². The molecule has 0 saturated heterocycles. The molecule has 0 amide bonds. The molecule has 2 aromatic carbocycles. The lowest BCUT2D eigenvalue weighted by molar-refractivity contribution is 0.199. The number of nitrogen functional groups attached to an aromatic ring is 1. The molecule has 142 valence electrons. The van der Waals surface area contributed by atoms with Crippen LogP contribution in [0.1, 0.15) is 36.5 Å². The molecule has 0 fully saturated rings. The van der Waals surface area contributed by atoms with E-state index in [4.69, 9.17) is 5.73 Å². The van der Waals surface area contributed by atoms with Gasteiger partial charge in [-0.05, 0) is 55.0 Å². The van der Waals surface area contributed by atoms with Gasteiger partial charge in [-0.2, -0.15) is 0 Å². The van der Waals surface area contributed by atoms with Gasteiger partial charge in [0, 0.05) is 18.3 Å². The lowest BCUT2D eigenvalue weighted by atomic mass is 9.86. The third-order valence-electron chi connectivity index (χ3n) is 4.97. The number of rotatable bonds is 6. The molecule has 1 aliphatic rings. The molecule has 0 aromatic heterocycles. The normalized spacial score (nSPS) is 16.0. The summed E-state index contributed by atoms with van der Waals surface area (Å²) in [6, 6.07) is 17.5. The van der Waals surface area contributed by atoms with E-state index in [2.05, 4.69) is 66.4 Å². The van der Waals surface area contributed by atoms with Crippen molar-refractivity contribution in [2.45, 2.75) is 38.6 Å². The van der Waals surface area contributed by atoms with E-state index in [0.29, 0.717) is 6.04 Å². The molecule has 0 aliphatic heterocycles.